The van der Waals surface area contributed by atoms with E-state index < -0.39 is 0 Å². The van der Waals surface area contributed by atoms with Gasteiger partial charge in [-0.25, -0.2) is 4.98 Å². The molecule has 2 unspecified atom stereocenters. The lowest BCUT2D eigenvalue weighted by molar-refractivity contribution is 0.0533. The molecule has 2 atom stereocenters. The number of hydrogen-bond donors (Lipinski definition) is 1. The normalized spacial score (nSPS) is 27.7. The summed E-state index contributed by atoms with van der Waals surface area (Å²) in [6, 6.07) is 3.68. The van der Waals surface area contributed by atoms with Crippen molar-refractivity contribution in [2.75, 3.05) is 5.73 Å². The first-order valence-corrected chi connectivity index (χ1v) is 6.33. The maximum absolute atomic E-state index is 5.95. The highest BCUT2D eigenvalue weighted by Crippen LogP contribution is 2.39. The molecule has 0 aromatic carbocycles. The van der Waals surface area contributed by atoms with Gasteiger partial charge in [-0.05, 0) is 36.7 Å². The number of anilines is 1. The van der Waals surface area contributed by atoms with Crippen LogP contribution in [-0.2, 0) is 0 Å². The van der Waals surface area contributed by atoms with Crippen molar-refractivity contribution in [3.63, 3.8) is 0 Å². The molecule has 2 N–H and O–H groups in total. The predicted octanol–water partition coefficient (Wildman–Crippen LogP) is 3.26. The maximum atomic E-state index is 5.95. The van der Waals surface area contributed by atoms with Crippen LogP contribution in [0.5, 0.6) is 5.88 Å². The van der Waals surface area contributed by atoms with Gasteiger partial charge in [0.15, 0.2) is 0 Å². The van der Waals surface area contributed by atoms with Crippen molar-refractivity contribution >= 4 is 5.69 Å². The molecule has 0 aliphatic heterocycles. The second-order valence-corrected chi connectivity index (χ2v) is 6.08. The van der Waals surface area contributed by atoms with Gasteiger partial charge >= 0.3 is 0 Å². The van der Waals surface area contributed by atoms with Gasteiger partial charge in [0.2, 0.25) is 5.88 Å². The zero-order valence-corrected chi connectivity index (χ0v) is 10.9. The number of nitrogens with two attached hydrogens (primary N) is 1. The van der Waals surface area contributed by atoms with Crippen molar-refractivity contribution in [3.8, 4) is 5.88 Å². The number of hydrogen-bond acceptors (Lipinski definition) is 3. The first-order valence-electron chi connectivity index (χ1n) is 6.33. The number of aromatic nitrogens is 1. The molecular weight excluding hydrogens is 212 g/mol. The summed E-state index contributed by atoms with van der Waals surface area (Å²) < 4.78 is 5.95. The molecule has 1 heterocycles. The Morgan fingerprint density at radius 1 is 1.35 bits per heavy atom. The summed E-state index contributed by atoms with van der Waals surface area (Å²) >= 11 is 0. The second kappa shape index (κ2) is 4.55. The van der Waals surface area contributed by atoms with E-state index in [1.54, 1.807) is 6.20 Å². The third kappa shape index (κ3) is 3.35. The van der Waals surface area contributed by atoms with E-state index in [-0.39, 0.29) is 6.10 Å². The molecule has 94 valence electrons. The van der Waals surface area contributed by atoms with Crippen molar-refractivity contribution in [3.05, 3.63) is 18.3 Å². The molecule has 3 heteroatoms. The van der Waals surface area contributed by atoms with Crippen LogP contribution in [0.2, 0.25) is 0 Å². The second-order valence-electron chi connectivity index (χ2n) is 6.08. The number of rotatable bonds is 2. The summed E-state index contributed by atoms with van der Waals surface area (Å²) in [5, 5.41) is 0. The van der Waals surface area contributed by atoms with Crippen LogP contribution in [0.4, 0.5) is 5.69 Å². The lowest BCUT2D eigenvalue weighted by Crippen LogP contribution is -2.34. The van der Waals surface area contributed by atoms with Crippen molar-refractivity contribution in [2.24, 2.45) is 11.3 Å². The Balaban J connectivity index is 2.01. The summed E-state index contributed by atoms with van der Waals surface area (Å²) in [5.41, 5.74) is 6.65. The Labute approximate surface area is 103 Å². The molecule has 1 aromatic heterocycles. The van der Waals surface area contributed by atoms with Gasteiger partial charge in [0.05, 0.1) is 11.9 Å². The Morgan fingerprint density at radius 3 is 2.71 bits per heavy atom. The molecule has 0 radical (unpaired) electrons. The van der Waals surface area contributed by atoms with Gasteiger partial charge in [-0.15, -0.1) is 0 Å². The van der Waals surface area contributed by atoms with Crippen molar-refractivity contribution in [1.82, 2.24) is 4.98 Å². The number of nitrogens with zero attached hydrogens (tertiary/aromatic N) is 1. The summed E-state index contributed by atoms with van der Waals surface area (Å²) in [6.45, 7) is 6.93. The highest BCUT2D eigenvalue weighted by Gasteiger charge is 2.33. The number of nitrogen functional groups attached to an aromatic ring is 1. The van der Waals surface area contributed by atoms with E-state index in [0.29, 0.717) is 17.0 Å². The molecule has 0 amide bonds. The summed E-state index contributed by atoms with van der Waals surface area (Å²) in [6.07, 6.45) is 5.43. The molecule has 1 aliphatic rings. The largest absolute Gasteiger partial charge is 0.474 e. The molecule has 0 bridgehead atoms. The highest BCUT2D eigenvalue weighted by molar-refractivity contribution is 5.36. The molecule has 3 nitrogen and oxygen atoms in total. The van der Waals surface area contributed by atoms with Gasteiger partial charge in [-0.3, -0.25) is 0 Å². The van der Waals surface area contributed by atoms with E-state index in [4.69, 9.17) is 10.5 Å². The summed E-state index contributed by atoms with van der Waals surface area (Å²) in [5.74, 6) is 1.41. The topological polar surface area (TPSA) is 48.1 Å². The van der Waals surface area contributed by atoms with E-state index in [0.717, 1.165) is 18.8 Å². The van der Waals surface area contributed by atoms with E-state index in [9.17, 15) is 0 Å². The molecule has 17 heavy (non-hydrogen) atoms. The van der Waals surface area contributed by atoms with Crippen LogP contribution in [0.1, 0.15) is 40.0 Å². The average molecular weight is 234 g/mol. The minimum absolute atomic E-state index is 0.282. The van der Waals surface area contributed by atoms with Gasteiger partial charge < -0.3 is 10.5 Å². The monoisotopic (exact) mass is 234 g/mol. The minimum atomic E-state index is 0.282. The van der Waals surface area contributed by atoms with E-state index in [1.165, 1.54) is 6.42 Å². The Kier molecular flexibility index (Phi) is 3.27. The highest BCUT2D eigenvalue weighted by atomic mass is 16.5. The van der Waals surface area contributed by atoms with Crippen LogP contribution >= 0.6 is 0 Å². The fourth-order valence-corrected chi connectivity index (χ4v) is 2.98. The van der Waals surface area contributed by atoms with E-state index in [1.807, 2.05) is 12.1 Å². The van der Waals surface area contributed by atoms with Crippen LogP contribution in [0.25, 0.3) is 0 Å². The standard InChI is InChI=1S/C14H22N2O/c1-10-6-12(8-14(2,3)7-10)17-13-5-4-11(15)9-16-13/h4-5,9-10,12H,6-8,15H2,1-3H3. The number of ether oxygens (including phenoxy) is 1. The molecule has 2 rings (SSSR count). The third-order valence-corrected chi connectivity index (χ3v) is 3.39. The molecule has 1 saturated carbocycles. The first-order chi connectivity index (χ1) is 7.94. The molecule has 1 aromatic rings. The van der Waals surface area contributed by atoms with Crippen molar-refractivity contribution < 1.29 is 4.74 Å². The van der Waals surface area contributed by atoms with Crippen molar-refractivity contribution in [2.45, 2.75) is 46.1 Å². The summed E-state index contributed by atoms with van der Waals surface area (Å²) in [7, 11) is 0. The van der Waals surface area contributed by atoms with Crippen LogP contribution in [0.3, 0.4) is 0 Å². The third-order valence-electron chi connectivity index (χ3n) is 3.39. The van der Waals surface area contributed by atoms with E-state index in [2.05, 4.69) is 25.8 Å². The lowest BCUT2D eigenvalue weighted by Gasteiger charge is -2.38. The number of pyridine rings is 1. The van der Waals surface area contributed by atoms with Crippen LogP contribution in [0.15, 0.2) is 18.3 Å². The molecule has 1 aliphatic carbocycles. The van der Waals surface area contributed by atoms with Gasteiger partial charge in [0.1, 0.15) is 6.10 Å². The van der Waals surface area contributed by atoms with Gasteiger partial charge in [0, 0.05) is 6.07 Å². The Hall–Kier alpha value is -1.25. The van der Waals surface area contributed by atoms with Gasteiger partial charge in [-0.2, -0.15) is 0 Å². The Bertz CT molecular complexity index is 372. The molecular formula is C14H22N2O. The van der Waals surface area contributed by atoms with Crippen molar-refractivity contribution in [1.29, 1.82) is 0 Å². The van der Waals surface area contributed by atoms with Gasteiger partial charge in [0.25, 0.3) is 0 Å². The quantitative estimate of drug-likeness (QED) is 0.854. The fourth-order valence-electron chi connectivity index (χ4n) is 2.98. The lowest BCUT2D eigenvalue weighted by atomic mass is 9.71. The Morgan fingerprint density at radius 2 is 2.12 bits per heavy atom. The maximum Gasteiger partial charge on any atom is 0.213 e. The smallest absolute Gasteiger partial charge is 0.213 e. The fraction of sp³-hybridized carbons (Fsp3) is 0.643. The molecule has 1 fully saturated rings. The minimum Gasteiger partial charge on any atom is -0.474 e. The van der Waals surface area contributed by atoms with E-state index >= 15 is 0 Å². The van der Waals surface area contributed by atoms with Gasteiger partial charge in [-0.1, -0.05) is 20.8 Å². The van der Waals surface area contributed by atoms with Crippen LogP contribution < -0.4 is 10.5 Å². The van der Waals surface area contributed by atoms with Crippen LogP contribution in [0, 0.1) is 11.3 Å². The first kappa shape index (κ1) is 12.2. The zero-order valence-electron chi connectivity index (χ0n) is 10.9. The van der Waals surface area contributed by atoms with Crippen LogP contribution in [-0.4, -0.2) is 11.1 Å². The zero-order chi connectivity index (χ0) is 12.5. The summed E-state index contributed by atoms with van der Waals surface area (Å²) in [4.78, 5) is 4.20. The average Bonchev–Trinajstić information content (AvgIpc) is 2.18. The predicted molar refractivity (Wildman–Crippen MR) is 69.9 cm³/mol. The SMILES string of the molecule is CC1CC(Oc2ccc(N)cn2)CC(C)(C)C1. The molecule has 0 spiro atoms. The molecule has 0 saturated heterocycles.